The van der Waals surface area contributed by atoms with Gasteiger partial charge < -0.3 is 19.4 Å². The van der Waals surface area contributed by atoms with E-state index in [1.165, 1.54) is 48.8 Å². The van der Waals surface area contributed by atoms with Crippen LogP contribution in [-0.4, -0.2) is 103 Å². The summed E-state index contributed by atoms with van der Waals surface area (Å²) in [5.74, 6) is 1.11. The Morgan fingerprint density at radius 3 is 2.23 bits per heavy atom. The van der Waals surface area contributed by atoms with Crippen LogP contribution in [0.5, 0.6) is 5.75 Å². The van der Waals surface area contributed by atoms with Crippen molar-refractivity contribution < 1.29 is 19.1 Å². The van der Waals surface area contributed by atoms with Crippen LogP contribution in [0.1, 0.15) is 65.8 Å². The van der Waals surface area contributed by atoms with Gasteiger partial charge in [-0.3, -0.25) is 24.6 Å². The molecule has 6 rings (SSSR count). The lowest BCUT2D eigenvalue weighted by Gasteiger charge is -2.42. The zero-order valence-electron chi connectivity index (χ0n) is 28.4. The van der Waals surface area contributed by atoms with Crippen LogP contribution in [0.15, 0.2) is 51.7 Å². The van der Waals surface area contributed by atoms with Gasteiger partial charge in [0.2, 0.25) is 5.91 Å². The lowest BCUT2D eigenvalue weighted by Crippen LogP contribution is -2.51. The molecule has 3 fully saturated rings. The number of aryl methyl sites for hydroxylation is 1. The Balaban J connectivity index is 1.04. The van der Waals surface area contributed by atoms with Gasteiger partial charge in [-0.2, -0.15) is 0 Å². The number of ether oxygens (including phenoxy) is 1. The van der Waals surface area contributed by atoms with Gasteiger partial charge in [-0.1, -0.05) is 30.0 Å². The summed E-state index contributed by atoms with van der Waals surface area (Å²) < 4.78 is 6.47. The van der Waals surface area contributed by atoms with Gasteiger partial charge in [0.15, 0.2) is 5.13 Å². The number of rotatable bonds is 8. The average Bonchev–Trinajstić information content (AvgIpc) is 3.55. The van der Waals surface area contributed by atoms with Crippen LogP contribution in [0.25, 0.3) is 0 Å². The summed E-state index contributed by atoms with van der Waals surface area (Å²) in [5, 5.41) is 3.47. The summed E-state index contributed by atoms with van der Waals surface area (Å²) in [6.45, 7) is 12.1. The zero-order valence-corrected chi connectivity index (χ0v) is 30.0. The van der Waals surface area contributed by atoms with Gasteiger partial charge in [0.1, 0.15) is 5.75 Å². The summed E-state index contributed by atoms with van der Waals surface area (Å²) in [6.07, 6.45) is 7.11. The fourth-order valence-electron chi connectivity index (χ4n) is 6.92. The molecule has 256 valence electrons. The Hall–Kier alpha value is -3.61. The highest BCUT2D eigenvalue weighted by Crippen LogP contribution is 2.39. The molecule has 3 aromatic rings. The van der Waals surface area contributed by atoms with Crippen LogP contribution in [-0.2, 0) is 4.79 Å². The molecule has 1 aliphatic carbocycles. The van der Waals surface area contributed by atoms with Crippen LogP contribution >= 0.6 is 23.1 Å². The Morgan fingerprint density at radius 2 is 1.58 bits per heavy atom. The molecular weight excluding hydrogens is 645 g/mol. The Kier molecular flexibility index (Phi) is 10.9. The number of anilines is 2. The minimum atomic E-state index is -0.192. The third kappa shape index (κ3) is 7.98. The molecule has 2 aromatic carbocycles. The Bertz CT molecular complexity index is 1600. The van der Waals surface area contributed by atoms with E-state index in [0.717, 1.165) is 58.5 Å². The molecule has 3 heterocycles. The fourth-order valence-corrected chi connectivity index (χ4v) is 8.86. The van der Waals surface area contributed by atoms with Gasteiger partial charge in [-0.05, 0) is 80.5 Å². The molecular formula is C36H46N6O4S2. The lowest BCUT2D eigenvalue weighted by molar-refractivity contribution is -0.130. The van der Waals surface area contributed by atoms with Crippen molar-refractivity contribution in [3.8, 4) is 5.75 Å². The first-order valence-corrected chi connectivity index (χ1v) is 18.6. The predicted octanol–water partition coefficient (Wildman–Crippen LogP) is 5.87. The number of hydrogen-bond donors (Lipinski definition) is 1. The smallest absolute Gasteiger partial charge is 0.257 e. The SMILES string of the molecule is COc1cc(C)c(Sc2cnc(NC(=O)c3ccc(N4CCN([C@H]5CC[C@@H](C)CC5)CC4)cc3)s2)cc1C(=O)N1CCN(C(C)=O)CC1. The van der Waals surface area contributed by atoms with Crippen LogP contribution < -0.4 is 15.0 Å². The van der Waals surface area contributed by atoms with Gasteiger partial charge in [0.25, 0.3) is 11.8 Å². The molecule has 48 heavy (non-hydrogen) atoms. The van der Waals surface area contributed by atoms with Gasteiger partial charge >= 0.3 is 0 Å². The first kappa shape index (κ1) is 34.3. The Morgan fingerprint density at radius 1 is 0.917 bits per heavy atom. The molecule has 1 N–H and O–H groups in total. The van der Waals surface area contributed by atoms with Gasteiger partial charge in [-0.15, -0.1) is 0 Å². The molecule has 3 aliphatic rings. The van der Waals surface area contributed by atoms with E-state index in [0.29, 0.717) is 48.2 Å². The Labute approximate surface area is 291 Å². The molecule has 1 aromatic heterocycles. The van der Waals surface area contributed by atoms with Crippen molar-refractivity contribution in [3.05, 3.63) is 59.3 Å². The van der Waals surface area contributed by atoms with Crippen LogP contribution in [0.4, 0.5) is 10.8 Å². The maximum atomic E-state index is 13.5. The summed E-state index contributed by atoms with van der Waals surface area (Å²) in [6, 6.07) is 12.4. The quantitative estimate of drug-likeness (QED) is 0.314. The van der Waals surface area contributed by atoms with E-state index >= 15 is 0 Å². The highest BCUT2D eigenvalue weighted by molar-refractivity contribution is 8.01. The normalized spacial score (nSPS) is 20.5. The minimum Gasteiger partial charge on any atom is -0.496 e. The molecule has 0 bridgehead atoms. The first-order chi connectivity index (χ1) is 23.2. The van der Waals surface area contributed by atoms with Gasteiger partial charge in [-0.25, -0.2) is 4.98 Å². The molecule has 0 unspecified atom stereocenters. The average molecular weight is 691 g/mol. The van der Waals surface area contributed by atoms with E-state index in [1.807, 2.05) is 43.3 Å². The van der Waals surface area contributed by atoms with E-state index in [-0.39, 0.29) is 17.7 Å². The van der Waals surface area contributed by atoms with Crippen molar-refractivity contribution in [2.75, 3.05) is 69.7 Å². The fraction of sp³-hybridized carbons (Fsp3) is 0.500. The van der Waals surface area contributed by atoms with Crippen molar-refractivity contribution in [1.29, 1.82) is 0 Å². The molecule has 2 aliphatic heterocycles. The number of methoxy groups -OCH3 is 1. The molecule has 12 heteroatoms. The molecule has 10 nitrogen and oxygen atoms in total. The number of aromatic nitrogens is 1. The highest BCUT2D eigenvalue weighted by atomic mass is 32.2. The van der Waals surface area contributed by atoms with Crippen LogP contribution in [0, 0.1) is 12.8 Å². The number of carbonyl (C=O) groups is 3. The highest BCUT2D eigenvalue weighted by Gasteiger charge is 2.28. The van der Waals surface area contributed by atoms with E-state index in [1.54, 1.807) is 30.0 Å². The topological polar surface area (TPSA) is 98.3 Å². The maximum absolute atomic E-state index is 13.5. The second-order valence-corrected chi connectivity index (χ2v) is 15.5. The second-order valence-electron chi connectivity index (χ2n) is 13.1. The molecule has 0 atom stereocenters. The van der Waals surface area contributed by atoms with Crippen LogP contribution in [0.3, 0.4) is 0 Å². The number of amides is 3. The summed E-state index contributed by atoms with van der Waals surface area (Å²) in [5.41, 5.74) is 3.21. The van der Waals surface area contributed by atoms with Crippen molar-refractivity contribution >= 4 is 51.6 Å². The van der Waals surface area contributed by atoms with Gasteiger partial charge in [0, 0.05) is 81.5 Å². The summed E-state index contributed by atoms with van der Waals surface area (Å²) in [7, 11) is 1.57. The monoisotopic (exact) mass is 690 g/mol. The van der Waals surface area contributed by atoms with Gasteiger partial charge in [0.05, 0.1) is 23.1 Å². The number of nitrogens with one attached hydrogen (secondary N) is 1. The number of piperazine rings is 2. The van der Waals surface area contributed by atoms with Crippen molar-refractivity contribution in [1.82, 2.24) is 19.7 Å². The van der Waals surface area contributed by atoms with Crippen molar-refractivity contribution in [2.45, 2.75) is 61.6 Å². The first-order valence-electron chi connectivity index (χ1n) is 17.0. The van der Waals surface area contributed by atoms with E-state index in [4.69, 9.17) is 4.74 Å². The minimum absolute atomic E-state index is 0.0235. The summed E-state index contributed by atoms with van der Waals surface area (Å²) in [4.78, 5) is 52.3. The zero-order chi connectivity index (χ0) is 33.8. The third-order valence-electron chi connectivity index (χ3n) is 9.97. The van der Waals surface area contributed by atoms with Crippen molar-refractivity contribution in [3.63, 3.8) is 0 Å². The molecule has 1 saturated carbocycles. The third-order valence-corrected chi connectivity index (χ3v) is 12.1. The standard InChI is InChI=1S/C36H46N6O4S2/c1-24-5-9-28(10-6-24)40-15-17-41(18-16-40)29-11-7-27(8-12-29)34(44)38-36-37-23-33(48-36)47-32-22-30(31(46-4)21-25(32)2)35(45)42-19-13-39(14-20-42)26(3)43/h7-8,11-12,21-24,28H,5-6,9-10,13-20H2,1-4H3,(H,37,38,44)/t24-,28+. The van der Waals surface area contributed by atoms with E-state index in [9.17, 15) is 14.4 Å². The summed E-state index contributed by atoms with van der Waals surface area (Å²) >= 11 is 2.90. The molecule has 0 spiro atoms. The van der Waals surface area contributed by atoms with Crippen LogP contribution in [0.2, 0.25) is 0 Å². The number of nitrogens with zero attached hydrogens (tertiary/aromatic N) is 5. The predicted molar refractivity (Wildman–Crippen MR) is 192 cm³/mol. The number of benzene rings is 2. The molecule has 3 amide bonds. The lowest BCUT2D eigenvalue weighted by atomic mass is 9.86. The number of hydrogen-bond acceptors (Lipinski definition) is 9. The van der Waals surface area contributed by atoms with E-state index < -0.39 is 0 Å². The molecule has 2 saturated heterocycles. The van der Waals surface area contributed by atoms with Crippen molar-refractivity contribution in [2.24, 2.45) is 5.92 Å². The second kappa shape index (κ2) is 15.3. The largest absolute Gasteiger partial charge is 0.496 e. The number of thiazole rings is 1. The van der Waals surface area contributed by atoms with E-state index in [2.05, 4.69) is 27.0 Å². The molecule has 0 radical (unpaired) electrons. The maximum Gasteiger partial charge on any atom is 0.257 e. The number of carbonyl (C=O) groups excluding carboxylic acids is 3.